The van der Waals surface area contributed by atoms with Crippen molar-refractivity contribution < 1.29 is 5.11 Å². The van der Waals surface area contributed by atoms with Crippen molar-refractivity contribution in [3.8, 4) is 11.8 Å². The Morgan fingerprint density at radius 1 is 0.900 bits per heavy atom. The Hall–Kier alpha value is -0.740. The van der Waals surface area contributed by atoms with E-state index in [0.717, 1.165) is 44.9 Å². The highest BCUT2D eigenvalue weighted by Gasteiger charge is 2.01. The molecule has 0 radical (unpaired) electrons. The van der Waals surface area contributed by atoms with Gasteiger partial charge in [-0.3, -0.25) is 0 Å². The lowest BCUT2D eigenvalue weighted by Crippen LogP contribution is -2.05. The van der Waals surface area contributed by atoms with Crippen LogP contribution >= 0.6 is 0 Å². The van der Waals surface area contributed by atoms with Gasteiger partial charge in [-0.2, -0.15) is 0 Å². The van der Waals surface area contributed by atoms with Crippen LogP contribution in [0.15, 0.2) is 12.7 Å². The maximum absolute atomic E-state index is 9.66. The summed E-state index contributed by atoms with van der Waals surface area (Å²) >= 11 is 0. The number of aliphatic hydroxyl groups is 1. The van der Waals surface area contributed by atoms with E-state index in [-0.39, 0.29) is 6.10 Å². The fraction of sp³-hybridized carbons (Fsp3) is 0.789. The molecule has 0 unspecified atom stereocenters. The summed E-state index contributed by atoms with van der Waals surface area (Å²) in [7, 11) is 0. The third kappa shape index (κ3) is 15.3. The molecule has 1 nitrogen and oxygen atoms in total. The van der Waals surface area contributed by atoms with E-state index in [4.69, 9.17) is 0 Å². The smallest absolute Gasteiger partial charge is 0.0543 e. The lowest BCUT2D eigenvalue weighted by Gasteiger charge is -2.07. The molecule has 1 heteroatoms. The summed E-state index contributed by atoms with van der Waals surface area (Å²) in [4.78, 5) is 0. The lowest BCUT2D eigenvalue weighted by atomic mass is 10.1. The molecule has 116 valence electrons. The second-order valence-electron chi connectivity index (χ2n) is 5.64. The zero-order valence-electron chi connectivity index (χ0n) is 13.5. The second-order valence-corrected chi connectivity index (χ2v) is 5.64. The van der Waals surface area contributed by atoms with Crippen molar-refractivity contribution in [1.82, 2.24) is 0 Å². The summed E-state index contributed by atoms with van der Waals surface area (Å²) in [6.45, 7) is 5.92. The van der Waals surface area contributed by atoms with E-state index in [9.17, 15) is 5.11 Å². The van der Waals surface area contributed by atoms with Crippen molar-refractivity contribution in [2.75, 3.05) is 0 Å². The predicted octanol–water partition coefficient (Wildman–Crippen LogP) is 5.63. The Labute approximate surface area is 126 Å². The molecule has 1 atom stereocenters. The van der Waals surface area contributed by atoms with Gasteiger partial charge in [-0.1, -0.05) is 45.1 Å². The van der Waals surface area contributed by atoms with Crippen LogP contribution in [0, 0.1) is 11.8 Å². The number of allylic oxidation sites excluding steroid dienone is 1. The fourth-order valence-electron chi connectivity index (χ4n) is 2.22. The van der Waals surface area contributed by atoms with Gasteiger partial charge in [0.15, 0.2) is 0 Å². The molecule has 0 aromatic carbocycles. The van der Waals surface area contributed by atoms with Gasteiger partial charge in [-0.25, -0.2) is 0 Å². The van der Waals surface area contributed by atoms with Crippen LogP contribution in [0.2, 0.25) is 0 Å². The first-order valence-corrected chi connectivity index (χ1v) is 8.56. The molecule has 0 aromatic rings. The minimum Gasteiger partial charge on any atom is -0.393 e. The van der Waals surface area contributed by atoms with E-state index in [1.54, 1.807) is 0 Å². The molecule has 0 rings (SSSR count). The quantitative estimate of drug-likeness (QED) is 0.263. The molecule has 0 saturated carbocycles. The Balaban J connectivity index is 3.22. The highest BCUT2D eigenvalue weighted by molar-refractivity contribution is 4.98. The van der Waals surface area contributed by atoms with Crippen LogP contribution in [0.3, 0.4) is 0 Å². The Morgan fingerprint density at radius 3 is 2.15 bits per heavy atom. The zero-order valence-corrected chi connectivity index (χ0v) is 13.5. The summed E-state index contributed by atoms with van der Waals surface area (Å²) in [5, 5.41) is 9.66. The van der Waals surface area contributed by atoms with Crippen molar-refractivity contribution in [1.29, 1.82) is 0 Å². The van der Waals surface area contributed by atoms with Crippen molar-refractivity contribution in [3.05, 3.63) is 12.7 Å². The summed E-state index contributed by atoms with van der Waals surface area (Å²) in [5.74, 6) is 6.53. The first kappa shape index (κ1) is 19.3. The molecule has 0 aliphatic heterocycles. The van der Waals surface area contributed by atoms with Gasteiger partial charge < -0.3 is 5.11 Å². The van der Waals surface area contributed by atoms with Gasteiger partial charge in [0.2, 0.25) is 0 Å². The van der Waals surface area contributed by atoms with Gasteiger partial charge in [0.05, 0.1) is 6.10 Å². The molecule has 0 heterocycles. The summed E-state index contributed by atoms with van der Waals surface area (Å²) in [6, 6.07) is 0. The van der Waals surface area contributed by atoms with Gasteiger partial charge in [0.25, 0.3) is 0 Å². The normalized spacial score (nSPS) is 11.7. The van der Waals surface area contributed by atoms with Crippen LogP contribution < -0.4 is 0 Å². The molecule has 0 bridgehead atoms. The highest BCUT2D eigenvalue weighted by Crippen LogP contribution is 2.09. The molecule has 0 aliphatic carbocycles. The van der Waals surface area contributed by atoms with E-state index in [1.165, 1.54) is 38.5 Å². The summed E-state index contributed by atoms with van der Waals surface area (Å²) in [6.07, 6.45) is 16.7. The Kier molecular flexibility index (Phi) is 15.7. The minimum absolute atomic E-state index is 0.149. The topological polar surface area (TPSA) is 20.2 Å². The van der Waals surface area contributed by atoms with Crippen LogP contribution in [0.4, 0.5) is 0 Å². The maximum Gasteiger partial charge on any atom is 0.0543 e. The number of unbranched alkanes of at least 4 members (excludes halogenated alkanes) is 8. The largest absolute Gasteiger partial charge is 0.393 e. The molecule has 0 amide bonds. The van der Waals surface area contributed by atoms with Crippen LogP contribution in [0.1, 0.15) is 90.4 Å². The van der Waals surface area contributed by atoms with Gasteiger partial charge in [-0.05, 0) is 38.5 Å². The summed E-state index contributed by atoms with van der Waals surface area (Å²) < 4.78 is 0. The van der Waals surface area contributed by atoms with Crippen molar-refractivity contribution in [2.24, 2.45) is 0 Å². The Morgan fingerprint density at radius 2 is 1.50 bits per heavy atom. The molecule has 0 saturated heterocycles. The molecular weight excluding hydrogens is 244 g/mol. The van der Waals surface area contributed by atoms with Gasteiger partial charge in [0.1, 0.15) is 0 Å². The molecule has 0 aromatic heterocycles. The molecule has 0 fully saturated rings. The SMILES string of the molecule is C=CCC[C@H](O)CCCCC#CCCCCCCCC. The van der Waals surface area contributed by atoms with Crippen LogP contribution in [-0.4, -0.2) is 11.2 Å². The number of hydrogen-bond acceptors (Lipinski definition) is 1. The van der Waals surface area contributed by atoms with Crippen molar-refractivity contribution >= 4 is 0 Å². The molecular formula is C19H34O. The van der Waals surface area contributed by atoms with Gasteiger partial charge in [-0.15, -0.1) is 18.4 Å². The maximum atomic E-state index is 9.66. The van der Waals surface area contributed by atoms with E-state index in [0.29, 0.717) is 0 Å². The standard InChI is InChI=1S/C19H34O/c1-3-5-7-8-9-10-11-12-13-14-15-16-18-19(20)17-6-4-2/h4,19-20H,2-3,5-11,14-18H2,1H3/t19-/m0/s1. The van der Waals surface area contributed by atoms with Crippen LogP contribution in [0.25, 0.3) is 0 Å². The number of rotatable bonds is 13. The first-order chi connectivity index (χ1) is 9.81. The highest BCUT2D eigenvalue weighted by atomic mass is 16.3. The average Bonchev–Trinajstić information content (AvgIpc) is 2.46. The third-order valence-electron chi connectivity index (χ3n) is 3.57. The van der Waals surface area contributed by atoms with Crippen LogP contribution in [-0.2, 0) is 0 Å². The molecule has 0 spiro atoms. The predicted molar refractivity (Wildman–Crippen MR) is 89.7 cm³/mol. The molecule has 0 aliphatic rings. The van der Waals surface area contributed by atoms with Gasteiger partial charge >= 0.3 is 0 Å². The van der Waals surface area contributed by atoms with E-state index in [1.807, 2.05) is 6.08 Å². The molecule has 1 N–H and O–H groups in total. The van der Waals surface area contributed by atoms with E-state index >= 15 is 0 Å². The monoisotopic (exact) mass is 278 g/mol. The average molecular weight is 278 g/mol. The lowest BCUT2D eigenvalue weighted by molar-refractivity contribution is 0.152. The first-order valence-electron chi connectivity index (χ1n) is 8.56. The molecule has 20 heavy (non-hydrogen) atoms. The number of aliphatic hydroxyl groups excluding tert-OH is 1. The Bertz CT molecular complexity index is 259. The minimum atomic E-state index is -0.149. The van der Waals surface area contributed by atoms with Gasteiger partial charge in [0, 0.05) is 12.8 Å². The van der Waals surface area contributed by atoms with Crippen molar-refractivity contribution in [2.45, 2.75) is 96.5 Å². The van der Waals surface area contributed by atoms with Crippen molar-refractivity contribution in [3.63, 3.8) is 0 Å². The zero-order chi connectivity index (χ0) is 14.9. The second kappa shape index (κ2) is 16.3. The summed E-state index contributed by atoms with van der Waals surface area (Å²) in [5.41, 5.74) is 0. The number of hydrogen-bond donors (Lipinski definition) is 1. The third-order valence-corrected chi connectivity index (χ3v) is 3.57. The van der Waals surface area contributed by atoms with Crippen LogP contribution in [0.5, 0.6) is 0 Å². The fourth-order valence-corrected chi connectivity index (χ4v) is 2.22. The van der Waals surface area contributed by atoms with E-state index < -0.39 is 0 Å². The van der Waals surface area contributed by atoms with E-state index in [2.05, 4.69) is 25.3 Å².